The topological polar surface area (TPSA) is 131 Å². The molecule has 2 saturated heterocycles. The second kappa shape index (κ2) is 9.51. The molecule has 2 fully saturated rings. The molecule has 5 rings (SSSR count). The lowest BCUT2D eigenvalue weighted by atomic mass is 9.96. The summed E-state index contributed by atoms with van der Waals surface area (Å²) < 4.78 is 7.03. The summed E-state index contributed by atoms with van der Waals surface area (Å²) in [5.74, 6) is -1.96. The van der Waals surface area contributed by atoms with Gasteiger partial charge in [0.25, 0.3) is 17.4 Å². The van der Waals surface area contributed by atoms with E-state index >= 15 is 0 Å². The number of aromatic nitrogens is 2. The zero-order valence-electron chi connectivity index (χ0n) is 19.7. The average Bonchev–Trinajstić information content (AvgIpc) is 3.35. The molecule has 36 heavy (non-hydrogen) atoms. The van der Waals surface area contributed by atoms with E-state index in [0.29, 0.717) is 55.4 Å². The van der Waals surface area contributed by atoms with Gasteiger partial charge >= 0.3 is 0 Å². The smallest absolute Gasteiger partial charge is 0.295 e. The number of morpholine rings is 1. The molecule has 186 valence electrons. The van der Waals surface area contributed by atoms with Gasteiger partial charge in [-0.3, -0.25) is 29.0 Å². The monoisotopic (exact) mass is 491 g/mol. The Labute approximate surface area is 206 Å². The van der Waals surface area contributed by atoms with Crippen molar-refractivity contribution in [3.63, 3.8) is 0 Å². The summed E-state index contributed by atoms with van der Waals surface area (Å²) in [4.78, 5) is 45.5. The highest BCUT2D eigenvalue weighted by Crippen LogP contribution is 2.40. The Hall–Kier alpha value is -4.09. The molecule has 1 aromatic carbocycles. The van der Waals surface area contributed by atoms with E-state index in [1.807, 2.05) is 0 Å². The lowest BCUT2D eigenvalue weighted by molar-refractivity contribution is -0.384. The number of ether oxygens (including phenoxy) is 1. The number of aryl methyl sites for hydroxylation is 1. The second-order valence-corrected chi connectivity index (χ2v) is 8.77. The third-order valence-corrected chi connectivity index (χ3v) is 6.63. The van der Waals surface area contributed by atoms with Crippen LogP contribution in [0.15, 0.2) is 54.2 Å². The van der Waals surface area contributed by atoms with Gasteiger partial charge in [-0.25, -0.2) is 4.98 Å². The van der Waals surface area contributed by atoms with Gasteiger partial charge in [0, 0.05) is 44.5 Å². The Morgan fingerprint density at radius 1 is 1.17 bits per heavy atom. The van der Waals surface area contributed by atoms with E-state index in [9.17, 15) is 24.8 Å². The number of aliphatic hydroxyl groups is 1. The minimum Gasteiger partial charge on any atom is -0.505 e. The molecule has 1 N–H and O–H groups in total. The molecular formula is C25H25N5O6. The van der Waals surface area contributed by atoms with Crippen molar-refractivity contribution in [2.24, 2.45) is 0 Å². The fraction of sp³-hybridized carbons (Fsp3) is 0.320. The number of nitro benzene ring substituents is 1. The third kappa shape index (κ3) is 4.12. The lowest BCUT2D eigenvalue weighted by Crippen LogP contribution is -2.42. The first-order chi connectivity index (χ1) is 17.4. The maximum absolute atomic E-state index is 13.3. The van der Waals surface area contributed by atoms with Crippen molar-refractivity contribution in [1.82, 2.24) is 19.2 Å². The van der Waals surface area contributed by atoms with E-state index in [1.54, 1.807) is 41.8 Å². The molecule has 0 unspecified atom stereocenters. The highest BCUT2D eigenvalue weighted by Gasteiger charge is 2.46. The lowest BCUT2D eigenvalue weighted by Gasteiger charge is -2.31. The van der Waals surface area contributed by atoms with Crippen molar-refractivity contribution >= 4 is 28.8 Å². The maximum Gasteiger partial charge on any atom is 0.295 e. The van der Waals surface area contributed by atoms with Crippen LogP contribution in [0.1, 0.15) is 23.0 Å². The van der Waals surface area contributed by atoms with E-state index in [0.717, 1.165) is 0 Å². The van der Waals surface area contributed by atoms with Crippen LogP contribution in [0.2, 0.25) is 0 Å². The van der Waals surface area contributed by atoms with Gasteiger partial charge in [0.1, 0.15) is 11.3 Å². The number of pyridine rings is 1. The number of aliphatic hydroxyl groups excluding tert-OH is 1. The molecule has 11 nitrogen and oxygen atoms in total. The number of nitro groups is 1. The molecular weight excluding hydrogens is 466 g/mol. The summed E-state index contributed by atoms with van der Waals surface area (Å²) in [7, 11) is 0. The molecule has 1 atom stereocenters. The van der Waals surface area contributed by atoms with Gasteiger partial charge in [-0.15, -0.1) is 0 Å². The number of rotatable bonds is 6. The van der Waals surface area contributed by atoms with Crippen LogP contribution >= 0.6 is 0 Å². The second-order valence-electron chi connectivity index (χ2n) is 8.77. The molecule has 4 heterocycles. The number of ketones is 1. The van der Waals surface area contributed by atoms with Gasteiger partial charge in [-0.2, -0.15) is 0 Å². The van der Waals surface area contributed by atoms with Crippen LogP contribution < -0.4 is 0 Å². The van der Waals surface area contributed by atoms with E-state index in [-0.39, 0.29) is 23.6 Å². The number of carbonyl (C=O) groups is 2. The Morgan fingerprint density at radius 2 is 1.94 bits per heavy atom. The summed E-state index contributed by atoms with van der Waals surface area (Å²) in [6.07, 6.45) is 1.71. The highest BCUT2D eigenvalue weighted by molar-refractivity contribution is 6.46. The first-order valence-electron chi connectivity index (χ1n) is 11.6. The number of imidazole rings is 1. The Bertz CT molecular complexity index is 1390. The Morgan fingerprint density at radius 3 is 2.69 bits per heavy atom. The fourth-order valence-electron chi connectivity index (χ4n) is 4.87. The summed E-state index contributed by atoms with van der Waals surface area (Å²) in [5, 5.41) is 22.9. The number of amides is 1. The van der Waals surface area contributed by atoms with Gasteiger partial charge in [0.05, 0.1) is 35.4 Å². The van der Waals surface area contributed by atoms with Crippen molar-refractivity contribution in [2.75, 3.05) is 39.4 Å². The van der Waals surface area contributed by atoms with Crippen molar-refractivity contribution in [1.29, 1.82) is 0 Å². The van der Waals surface area contributed by atoms with Crippen molar-refractivity contribution in [3.05, 3.63) is 81.3 Å². The molecule has 0 radical (unpaired) electrons. The summed E-state index contributed by atoms with van der Waals surface area (Å²) in [5.41, 5.74) is 1.44. The normalized spacial score (nSPS) is 20.4. The zero-order valence-corrected chi connectivity index (χ0v) is 19.7. The van der Waals surface area contributed by atoms with Gasteiger partial charge in [0.15, 0.2) is 5.76 Å². The molecule has 0 bridgehead atoms. The highest BCUT2D eigenvalue weighted by atomic mass is 16.6. The molecule has 2 aromatic heterocycles. The number of fused-ring (bicyclic) bond motifs is 1. The Balaban J connectivity index is 1.63. The number of likely N-dealkylation sites (tertiary alicyclic amines) is 1. The number of hydrogen-bond donors (Lipinski definition) is 1. The standard InChI is InChI=1S/C25H25N5O6/c1-16-21(28-8-3-2-7-19(28)26-16)23(31)20-22(17-5-4-6-18(15-17)30(34)35)29(25(33)24(20)32)10-9-27-11-13-36-14-12-27/h2-8,15,22,31H,9-14H2,1H3/b23-20+/t22-/m1/s1. The van der Waals surface area contributed by atoms with E-state index in [1.165, 1.54) is 23.1 Å². The van der Waals surface area contributed by atoms with Crippen LogP contribution in [0.4, 0.5) is 5.69 Å². The fourth-order valence-corrected chi connectivity index (χ4v) is 4.87. The number of carbonyl (C=O) groups excluding carboxylic acids is 2. The number of non-ortho nitro benzene ring substituents is 1. The van der Waals surface area contributed by atoms with Crippen LogP contribution in [0.3, 0.4) is 0 Å². The maximum atomic E-state index is 13.3. The number of Topliss-reactive ketones (excluding diaryl/α,β-unsaturated/α-hetero) is 1. The van der Waals surface area contributed by atoms with Crippen LogP contribution in [-0.4, -0.2) is 80.3 Å². The first-order valence-corrected chi connectivity index (χ1v) is 11.6. The molecule has 1 amide bonds. The number of hydrogen-bond acceptors (Lipinski definition) is 8. The average molecular weight is 492 g/mol. The largest absolute Gasteiger partial charge is 0.505 e. The molecule has 11 heteroatoms. The minimum absolute atomic E-state index is 0.115. The molecule has 0 aliphatic carbocycles. The van der Waals surface area contributed by atoms with Gasteiger partial charge in [0.2, 0.25) is 0 Å². The SMILES string of the molecule is Cc1nc2ccccn2c1/C(O)=C1\C(=O)C(=O)N(CCN2CCOCC2)[C@@H]1c1cccc([N+](=O)[O-])c1. The summed E-state index contributed by atoms with van der Waals surface area (Å²) in [6.45, 7) is 4.98. The van der Waals surface area contributed by atoms with Crippen molar-refractivity contribution in [2.45, 2.75) is 13.0 Å². The molecule has 2 aliphatic rings. The number of benzene rings is 1. The van der Waals surface area contributed by atoms with Gasteiger partial charge in [-0.1, -0.05) is 18.2 Å². The zero-order chi connectivity index (χ0) is 25.4. The predicted octanol–water partition coefficient (Wildman–Crippen LogP) is 2.30. The van der Waals surface area contributed by atoms with E-state index in [4.69, 9.17) is 4.74 Å². The first kappa shape index (κ1) is 23.6. The van der Waals surface area contributed by atoms with Crippen LogP contribution in [-0.2, 0) is 14.3 Å². The van der Waals surface area contributed by atoms with Crippen LogP contribution in [0, 0.1) is 17.0 Å². The number of nitrogens with zero attached hydrogens (tertiary/aromatic N) is 5. The predicted molar refractivity (Wildman–Crippen MR) is 129 cm³/mol. The third-order valence-electron chi connectivity index (χ3n) is 6.63. The van der Waals surface area contributed by atoms with Gasteiger partial charge in [-0.05, 0) is 24.6 Å². The molecule has 0 spiro atoms. The summed E-state index contributed by atoms with van der Waals surface area (Å²) in [6, 6.07) is 10.2. The van der Waals surface area contributed by atoms with E-state index in [2.05, 4.69) is 9.88 Å². The van der Waals surface area contributed by atoms with Crippen LogP contribution in [0.5, 0.6) is 0 Å². The van der Waals surface area contributed by atoms with Gasteiger partial charge < -0.3 is 14.7 Å². The van der Waals surface area contributed by atoms with Crippen molar-refractivity contribution < 1.29 is 24.4 Å². The Kier molecular flexibility index (Phi) is 6.25. The molecule has 2 aliphatic heterocycles. The van der Waals surface area contributed by atoms with Crippen LogP contribution in [0.25, 0.3) is 11.4 Å². The quantitative estimate of drug-likeness (QED) is 0.183. The van der Waals surface area contributed by atoms with E-state index < -0.39 is 22.7 Å². The minimum atomic E-state index is -0.986. The summed E-state index contributed by atoms with van der Waals surface area (Å²) >= 11 is 0. The molecule has 0 saturated carbocycles. The molecule has 3 aromatic rings. The van der Waals surface area contributed by atoms with Crippen molar-refractivity contribution in [3.8, 4) is 0 Å².